The van der Waals surface area contributed by atoms with Gasteiger partial charge >= 0.3 is 0 Å². The van der Waals surface area contributed by atoms with Crippen LogP contribution in [0.5, 0.6) is 5.88 Å². The Labute approximate surface area is 114 Å². The van der Waals surface area contributed by atoms with Crippen LogP contribution in [0.4, 0.5) is 5.82 Å². The normalized spacial score (nSPS) is 16.3. The van der Waals surface area contributed by atoms with Crippen LogP contribution in [-0.4, -0.2) is 35.8 Å². The molecule has 0 spiro atoms. The summed E-state index contributed by atoms with van der Waals surface area (Å²) in [5, 5.41) is 3.28. The molecular weight excluding hydrogens is 242 g/mol. The fourth-order valence-electron chi connectivity index (χ4n) is 2.24. The smallest absolute Gasteiger partial charge is 0.222 e. The Morgan fingerprint density at radius 3 is 2.79 bits per heavy atom. The van der Waals surface area contributed by atoms with Crippen LogP contribution in [0.15, 0.2) is 6.33 Å². The lowest BCUT2D eigenvalue weighted by Gasteiger charge is -2.24. The zero-order valence-electron chi connectivity index (χ0n) is 11.8. The van der Waals surface area contributed by atoms with E-state index in [2.05, 4.69) is 29.1 Å². The molecule has 0 bridgehead atoms. The number of aromatic nitrogens is 2. The lowest BCUT2D eigenvalue weighted by atomic mass is 10.1. The number of nitrogens with zero attached hydrogens (tertiary/aromatic N) is 2. The molecule has 0 aromatic carbocycles. The van der Waals surface area contributed by atoms with Gasteiger partial charge in [-0.3, -0.25) is 0 Å². The van der Waals surface area contributed by atoms with Crippen molar-refractivity contribution in [3.05, 3.63) is 11.9 Å². The van der Waals surface area contributed by atoms with Crippen molar-refractivity contribution in [2.45, 2.75) is 45.6 Å². The molecule has 0 radical (unpaired) electrons. The highest BCUT2D eigenvalue weighted by Crippen LogP contribution is 2.26. The van der Waals surface area contributed by atoms with Crippen molar-refractivity contribution in [2.75, 3.05) is 25.1 Å². The molecule has 1 fully saturated rings. The second-order valence-electron chi connectivity index (χ2n) is 4.72. The van der Waals surface area contributed by atoms with Gasteiger partial charge in [0.1, 0.15) is 18.2 Å². The Morgan fingerprint density at radius 2 is 2.11 bits per heavy atom. The third-order valence-electron chi connectivity index (χ3n) is 3.20. The molecule has 106 valence electrons. The van der Waals surface area contributed by atoms with Gasteiger partial charge in [0.15, 0.2) is 0 Å². The minimum Gasteiger partial charge on any atom is -0.474 e. The quantitative estimate of drug-likeness (QED) is 0.856. The fourth-order valence-corrected chi connectivity index (χ4v) is 2.24. The molecule has 0 aliphatic carbocycles. The maximum absolute atomic E-state index is 6.05. The first kappa shape index (κ1) is 14.1. The first-order valence-corrected chi connectivity index (χ1v) is 7.17. The molecule has 0 amide bonds. The van der Waals surface area contributed by atoms with Crippen LogP contribution in [0, 0.1) is 0 Å². The molecule has 1 aliphatic rings. The van der Waals surface area contributed by atoms with Crippen molar-refractivity contribution >= 4 is 5.82 Å². The summed E-state index contributed by atoms with van der Waals surface area (Å²) < 4.78 is 11.4. The average molecular weight is 265 g/mol. The summed E-state index contributed by atoms with van der Waals surface area (Å²) in [5.74, 6) is 1.64. The van der Waals surface area contributed by atoms with Crippen LogP contribution >= 0.6 is 0 Å². The van der Waals surface area contributed by atoms with Crippen molar-refractivity contribution in [3.8, 4) is 5.88 Å². The number of hydrogen-bond acceptors (Lipinski definition) is 5. The molecule has 1 saturated heterocycles. The van der Waals surface area contributed by atoms with E-state index in [1.54, 1.807) is 6.33 Å². The van der Waals surface area contributed by atoms with Crippen LogP contribution < -0.4 is 10.1 Å². The molecule has 0 atom stereocenters. The molecule has 19 heavy (non-hydrogen) atoms. The predicted molar refractivity (Wildman–Crippen MR) is 74.7 cm³/mol. The summed E-state index contributed by atoms with van der Waals surface area (Å²) >= 11 is 0. The molecule has 2 rings (SSSR count). The third kappa shape index (κ3) is 3.80. The molecule has 1 aromatic rings. The summed E-state index contributed by atoms with van der Waals surface area (Å²) in [6.45, 7) is 6.63. The molecule has 1 aliphatic heterocycles. The second kappa shape index (κ2) is 7.28. The van der Waals surface area contributed by atoms with Crippen LogP contribution in [0.25, 0.3) is 0 Å². The fraction of sp³-hybridized carbons (Fsp3) is 0.714. The summed E-state index contributed by atoms with van der Waals surface area (Å²) in [5.41, 5.74) is 1.10. The summed E-state index contributed by atoms with van der Waals surface area (Å²) in [6.07, 6.45) is 5.65. The number of rotatable bonds is 6. The van der Waals surface area contributed by atoms with Crippen molar-refractivity contribution in [2.24, 2.45) is 0 Å². The standard InChI is InChI=1S/C14H23N3O2/c1-3-5-12-13(15-4-2)16-10-17-14(12)19-11-6-8-18-9-7-11/h10-11H,3-9H2,1-2H3,(H,15,16,17). The van der Waals surface area contributed by atoms with Crippen LogP contribution in [0.3, 0.4) is 0 Å². The topological polar surface area (TPSA) is 56.3 Å². The molecule has 0 saturated carbocycles. The maximum atomic E-state index is 6.05. The molecule has 5 heteroatoms. The van der Waals surface area contributed by atoms with Gasteiger partial charge in [0.05, 0.1) is 18.8 Å². The van der Waals surface area contributed by atoms with Gasteiger partial charge in [-0.25, -0.2) is 9.97 Å². The first-order chi connectivity index (χ1) is 9.35. The van der Waals surface area contributed by atoms with Crippen molar-refractivity contribution < 1.29 is 9.47 Å². The van der Waals surface area contributed by atoms with E-state index in [-0.39, 0.29) is 6.10 Å². The van der Waals surface area contributed by atoms with Gasteiger partial charge in [-0.1, -0.05) is 13.3 Å². The lowest BCUT2D eigenvalue weighted by Crippen LogP contribution is -2.26. The van der Waals surface area contributed by atoms with Crippen LogP contribution in [0.2, 0.25) is 0 Å². The third-order valence-corrected chi connectivity index (χ3v) is 3.20. The van der Waals surface area contributed by atoms with Gasteiger partial charge in [-0.05, 0) is 13.3 Å². The minimum absolute atomic E-state index is 0.216. The van der Waals surface area contributed by atoms with E-state index in [4.69, 9.17) is 9.47 Å². The monoisotopic (exact) mass is 265 g/mol. The Kier molecular flexibility index (Phi) is 5.39. The molecule has 1 aromatic heterocycles. The second-order valence-corrected chi connectivity index (χ2v) is 4.72. The van der Waals surface area contributed by atoms with E-state index < -0.39 is 0 Å². The van der Waals surface area contributed by atoms with Gasteiger partial charge in [-0.15, -0.1) is 0 Å². The highest BCUT2D eigenvalue weighted by molar-refractivity contribution is 5.48. The Hall–Kier alpha value is -1.36. The van der Waals surface area contributed by atoms with Crippen molar-refractivity contribution in [1.29, 1.82) is 0 Å². The highest BCUT2D eigenvalue weighted by atomic mass is 16.5. The first-order valence-electron chi connectivity index (χ1n) is 7.17. The van der Waals surface area contributed by atoms with Gasteiger partial charge in [0.2, 0.25) is 5.88 Å². The number of hydrogen-bond donors (Lipinski definition) is 1. The SMILES string of the molecule is CCCc1c(NCC)ncnc1OC1CCOCC1. The lowest BCUT2D eigenvalue weighted by molar-refractivity contribution is 0.0233. The van der Waals surface area contributed by atoms with Gasteiger partial charge in [-0.2, -0.15) is 0 Å². The molecule has 1 N–H and O–H groups in total. The van der Waals surface area contributed by atoms with E-state index >= 15 is 0 Å². The molecule has 5 nitrogen and oxygen atoms in total. The zero-order valence-corrected chi connectivity index (χ0v) is 11.8. The molecule has 0 unspecified atom stereocenters. The predicted octanol–water partition coefficient (Wildman–Crippen LogP) is 2.42. The van der Waals surface area contributed by atoms with Gasteiger partial charge < -0.3 is 14.8 Å². The van der Waals surface area contributed by atoms with Crippen LogP contribution in [0.1, 0.15) is 38.7 Å². The Balaban J connectivity index is 2.14. The van der Waals surface area contributed by atoms with Gasteiger partial charge in [0, 0.05) is 19.4 Å². The zero-order chi connectivity index (χ0) is 13.5. The Morgan fingerprint density at radius 1 is 1.32 bits per heavy atom. The number of anilines is 1. The van der Waals surface area contributed by atoms with E-state index in [1.807, 2.05) is 0 Å². The maximum Gasteiger partial charge on any atom is 0.222 e. The average Bonchev–Trinajstić information content (AvgIpc) is 2.44. The number of ether oxygens (including phenoxy) is 2. The van der Waals surface area contributed by atoms with E-state index in [1.165, 1.54) is 0 Å². The largest absolute Gasteiger partial charge is 0.474 e. The van der Waals surface area contributed by atoms with E-state index in [0.29, 0.717) is 0 Å². The Bertz CT molecular complexity index is 392. The van der Waals surface area contributed by atoms with Crippen LogP contribution in [-0.2, 0) is 11.2 Å². The van der Waals surface area contributed by atoms with E-state index in [0.717, 1.165) is 62.7 Å². The van der Waals surface area contributed by atoms with E-state index in [9.17, 15) is 0 Å². The van der Waals surface area contributed by atoms with Gasteiger partial charge in [0.25, 0.3) is 0 Å². The summed E-state index contributed by atoms with van der Waals surface area (Å²) in [4.78, 5) is 8.63. The molecular formula is C14H23N3O2. The van der Waals surface area contributed by atoms with Crippen molar-refractivity contribution in [3.63, 3.8) is 0 Å². The number of nitrogens with one attached hydrogen (secondary N) is 1. The summed E-state index contributed by atoms with van der Waals surface area (Å²) in [7, 11) is 0. The molecule has 2 heterocycles. The summed E-state index contributed by atoms with van der Waals surface area (Å²) in [6, 6.07) is 0. The van der Waals surface area contributed by atoms with Crippen molar-refractivity contribution in [1.82, 2.24) is 9.97 Å². The highest BCUT2D eigenvalue weighted by Gasteiger charge is 2.19. The minimum atomic E-state index is 0.216.